The maximum absolute atomic E-state index is 13.9. The van der Waals surface area contributed by atoms with Crippen molar-refractivity contribution in [1.82, 2.24) is 0 Å². The molecule has 1 aliphatic rings. The van der Waals surface area contributed by atoms with Crippen molar-refractivity contribution in [3.05, 3.63) is 29.3 Å². The molecule has 1 fully saturated rings. The lowest BCUT2D eigenvalue weighted by molar-refractivity contribution is 0.0594. The van der Waals surface area contributed by atoms with Gasteiger partial charge in [-0.05, 0) is 25.0 Å². The fraction of sp³-hybridized carbons (Fsp3) is 0.533. The van der Waals surface area contributed by atoms with Gasteiger partial charge in [0.25, 0.3) is 0 Å². The topological polar surface area (TPSA) is 47.6 Å². The average molecular weight is 299 g/mol. The molecule has 0 saturated carbocycles. The standard InChI is InChI=1S/C15H19F2NO3/c1-3-12-9(6-7-21-12)8-18-11-5-4-10(15(19)20-2)13(16)14(11)17/h4-5,9,12,18H,3,6-8H2,1-2H3. The average Bonchev–Trinajstić information content (AvgIpc) is 2.95. The zero-order valence-corrected chi connectivity index (χ0v) is 12.1. The Kier molecular flexibility index (Phi) is 5.12. The molecule has 1 aromatic carbocycles. The van der Waals surface area contributed by atoms with Crippen LogP contribution in [0.15, 0.2) is 12.1 Å². The van der Waals surface area contributed by atoms with E-state index in [-0.39, 0.29) is 17.7 Å². The largest absolute Gasteiger partial charge is 0.465 e. The third kappa shape index (κ3) is 3.32. The monoisotopic (exact) mass is 299 g/mol. The molecule has 116 valence electrons. The highest BCUT2D eigenvalue weighted by Crippen LogP contribution is 2.26. The summed E-state index contributed by atoms with van der Waals surface area (Å²) in [4.78, 5) is 11.3. The Balaban J connectivity index is 2.07. The van der Waals surface area contributed by atoms with Gasteiger partial charge >= 0.3 is 5.97 Å². The first kappa shape index (κ1) is 15.7. The lowest BCUT2D eigenvalue weighted by atomic mass is 9.99. The van der Waals surface area contributed by atoms with Crippen molar-refractivity contribution in [2.45, 2.75) is 25.9 Å². The van der Waals surface area contributed by atoms with Crippen LogP contribution in [0, 0.1) is 17.6 Å². The predicted molar refractivity (Wildman–Crippen MR) is 74.3 cm³/mol. The van der Waals surface area contributed by atoms with Crippen LogP contribution in [0.1, 0.15) is 30.1 Å². The lowest BCUT2D eigenvalue weighted by Crippen LogP contribution is -2.23. The number of carbonyl (C=O) groups is 1. The molecule has 1 aliphatic heterocycles. The predicted octanol–water partition coefficient (Wildman–Crippen LogP) is 2.98. The highest BCUT2D eigenvalue weighted by atomic mass is 19.2. The number of nitrogens with one attached hydrogen (secondary N) is 1. The highest BCUT2D eigenvalue weighted by molar-refractivity contribution is 5.90. The molecule has 0 aliphatic carbocycles. The van der Waals surface area contributed by atoms with E-state index in [1.54, 1.807) is 0 Å². The van der Waals surface area contributed by atoms with Crippen molar-refractivity contribution in [3.63, 3.8) is 0 Å². The van der Waals surface area contributed by atoms with Crippen LogP contribution in [0.4, 0.5) is 14.5 Å². The van der Waals surface area contributed by atoms with Gasteiger partial charge in [0.2, 0.25) is 0 Å². The number of halogens is 2. The van der Waals surface area contributed by atoms with Gasteiger partial charge in [-0.25, -0.2) is 13.6 Å². The molecule has 2 rings (SSSR count). The summed E-state index contributed by atoms with van der Waals surface area (Å²) in [6.07, 6.45) is 1.94. The summed E-state index contributed by atoms with van der Waals surface area (Å²) in [5.74, 6) is -2.88. The van der Waals surface area contributed by atoms with E-state index in [1.807, 2.05) is 6.92 Å². The number of hydrogen-bond donors (Lipinski definition) is 1. The van der Waals surface area contributed by atoms with Gasteiger partial charge in [0.15, 0.2) is 11.6 Å². The molecule has 0 spiro atoms. The Hall–Kier alpha value is -1.69. The highest BCUT2D eigenvalue weighted by Gasteiger charge is 2.27. The number of esters is 1. The summed E-state index contributed by atoms with van der Waals surface area (Å²) in [6.45, 7) is 3.24. The maximum atomic E-state index is 13.9. The van der Waals surface area contributed by atoms with Crippen LogP contribution in [0.3, 0.4) is 0 Å². The SMILES string of the molecule is CCC1OCCC1CNc1ccc(C(=O)OC)c(F)c1F. The third-order valence-electron chi connectivity index (χ3n) is 3.79. The first-order valence-electron chi connectivity index (χ1n) is 7.00. The van der Waals surface area contributed by atoms with E-state index in [4.69, 9.17) is 4.74 Å². The van der Waals surface area contributed by atoms with Gasteiger partial charge in [-0.1, -0.05) is 6.92 Å². The minimum atomic E-state index is -1.19. The van der Waals surface area contributed by atoms with Gasteiger partial charge in [-0.3, -0.25) is 0 Å². The van der Waals surface area contributed by atoms with Gasteiger partial charge < -0.3 is 14.8 Å². The molecule has 0 amide bonds. The van der Waals surface area contributed by atoms with E-state index < -0.39 is 23.2 Å². The first-order valence-corrected chi connectivity index (χ1v) is 7.00. The number of benzene rings is 1. The Labute approximate surface area is 122 Å². The summed E-state index contributed by atoms with van der Waals surface area (Å²) in [5, 5.41) is 2.90. The molecular formula is C15H19F2NO3. The van der Waals surface area contributed by atoms with Crippen molar-refractivity contribution in [2.24, 2.45) is 5.92 Å². The van der Waals surface area contributed by atoms with E-state index in [2.05, 4.69) is 10.1 Å². The second kappa shape index (κ2) is 6.85. The van der Waals surface area contributed by atoms with Crippen LogP contribution >= 0.6 is 0 Å². The summed E-state index contributed by atoms with van der Waals surface area (Å²) >= 11 is 0. The molecule has 1 aromatic rings. The second-order valence-corrected chi connectivity index (χ2v) is 5.03. The zero-order valence-electron chi connectivity index (χ0n) is 12.1. The van der Waals surface area contributed by atoms with Crippen LogP contribution in [0.25, 0.3) is 0 Å². The fourth-order valence-corrected chi connectivity index (χ4v) is 2.57. The van der Waals surface area contributed by atoms with E-state index in [0.29, 0.717) is 13.2 Å². The van der Waals surface area contributed by atoms with Gasteiger partial charge in [-0.15, -0.1) is 0 Å². The number of rotatable bonds is 5. The lowest BCUT2D eigenvalue weighted by Gasteiger charge is -2.18. The quantitative estimate of drug-likeness (QED) is 0.849. The Morgan fingerprint density at radius 3 is 2.86 bits per heavy atom. The van der Waals surface area contributed by atoms with Crippen LogP contribution in [0.2, 0.25) is 0 Å². The van der Waals surface area contributed by atoms with Gasteiger partial charge in [0.1, 0.15) is 0 Å². The Morgan fingerprint density at radius 2 is 2.19 bits per heavy atom. The molecule has 1 N–H and O–H groups in total. The van der Waals surface area contributed by atoms with Crippen molar-refractivity contribution < 1.29 is 23.0 Å². The number of methoxy groups -OCH3 is 1. The molecule has 0 aromatic heterocycles. The van der Waals surface area contributed by atoms with E-state index >= 15 is 0 Å². The van der Waals surface area contributed by atoms with Crippen LogP contribution in [-0.2, 0) is 9.47 Å². The van der Waals surface area contributed by atoms with Gasteiger partial charge in [0, 0.05) is 19.1 Å². The number of anilines is 1. The summed E-state index contributed by atoms with van der Waals surface area (Å²) in [5.41, 5.74) is -0.363. The second-order valence-electron chi connectivity index (χ2n) is 5.03. The van der Waals surface area contributed by atoms with Crippen molar-refractivity contribution in [3.8, 4) is 0 Å². The molecule has 1 heterocycles. The fourth-order valence-electron chi connectivity index (χ4n) is 2.57. The van der Waals surface area contributed by atoms with Crippen molar-refractivity contribution in [1.29, 1.82) is 0 Å². The van der Waals surface area contributed by atoms with Crippen LogP contribution in [-0.4, -0.2) is 32.3 Å². The van der Waals surface area contributed by atoms with E-state index in [1.165, 1.54) is 12.1 Å². The number of carbonyl (C=O) groups excluding carboxylic acids is 1. The summed E-state index contributed by atoms with van der Waals surface area (Å²) in [7, 11) is 1.12. The molecule has 21 heavy (non-hydrogen) atoms. The molecule has 6 heteroatoms. The van der Waals surface area contributed by atoms with Crippen LogP contribution in [0.5, 0.6) is 0 Å². The summed E-state index contributed by atoms with van der Waals surface area (Å²) in [6, 6.07) is 2.57. The van der Waals surface area contributed by atoms with Gasteiger partial charge in [0.05, 0.1) is 24.5 Å². The first-order chi connectivity index (χ1) is 10.1. The molecule has 2 atom stereocenters. The minimum Gasteiger partial charge on any atom is -0.465 e. The van der Waals surface area contributed by atoms with Crippen molar-refractivity contribution >= 4 is 11.7 Å². The van der Waals surface area contributed by atoms with E-state index in [0.717, 1.165) is 20.0 Å². The molecule has 4 nitrogen and oxygen atoms in total. The minimum absolute atomic E-state index is 0.0434. The smallest absolute Gasteiger partial charge is 0.340 e. The van der Waals surface area contributed by atoms with Crippen LogP contribution < -0.4 is 5.32 Å². The Bertz CT molecular complexity index is 522. The number of ether oxygens (including phenoxy) is 2. The van der Waals surface area contributed by atoms with Gasteiger partial charge in [-0.2, -0.15) is 0 Å². The molecular weight excluding hydrogens is 280 g/mol. The molecule has 1 saturated heterocycles. The molecule has 0 radical (unpaired) electrons. The summed E-state index contributed by atoms with van der Waals surface area (Å²) < 4.78 is 37.7. The normalized spacial score (nSPS) is 21.3. The van der Waals surface area contributed by atoms with Crippen molar-refractivity contribution in [2.75, 3.05) is 25.6 Å². The third-order valence-corrected chi connectivity index (χ3v) is 3.79. The molecule has 0 bridgehead atoms. The molecule has 2 unspecified atom stereocenters. The number of hydrogen-bond acceptors (Lipinski definition) is 4. The zero-order chi connectivity index (χ0) is 15.4. The van der Waals surface area contributed by atoms with E-state index in [9.17, 15) is 13.6 Å². The Morgan fingerprint density at radius 1 is 1.43 bits per heavy atom. The maximum Gasteiger partial charge on any atom is 0.340 e.